The maximum Gasteiger partial charge on any atom is 0.171 e. The Bertz CT molecular complexity index is 153. The molecule has 0 aromatic heterocycles. The highest BCUT2D eigenvalue weighted by Crippen LogP contribution is 1.80. The lowest BCUT2D eigenvalue weighted by atomic mass is 11.2. The highest BCUT2D eigenvalue weighted by Gasteiger charge is 1.88. The van der Waals surface area contributed by atoms with E-state index >= 15 is 0 Å². The summed E-state index contributed by atoms with van der Waals surface area (Å²) in [4.78, 5) is 0. The fraction of sp³-hybridized carbons (Fsp3) is 0.333. The summed E-state index contributed by atoms with van der Waals surface area (Å²) in [7, 11) is -3.10. The van der Waals surface area contributed by atoms with Gasteiger partial charge in [-0.3, -0.25) is 0 Å². The number of aliphatic hydroxyl groups is 1. The smallest absolute Gasteiger partial charge is 0.171 e. The molecule has 0 rings (SSSR count). The molecule has 0 amide bonds. The van der Waals surface area contributed by atoms with E-state index in [1.54, 1.807) is 0 Å². The molecule has 0 fully saturated rings. The van der Waals surface area contributed by atoms with Crippen molar-refractivity contribution in [2.75, 3.05) is 6.26 Å². The summed E-state index contributed by atoms with van der Waals surface area (Å²) in [6.07, 6.45) is 1.50. The van der Waals surface area contributed by atoms with Gasteiger partial charge in [0.05, 0.1) is 11.7 Å². The van der Waals surface area contributed by atoms with Gasteiger partial charge in [0.25, 0.3) is 0 Å². The third kappa shape index (κ3) is 5.49. The van der Waals surface area contributed by atoms with E-state index in [2.05, 4.69) is 0 Å². The minimum Gasteiger partial charge on any atom is -0.515 e. The first-order chi connectivity index (χ1) is 3.06. The number of sulfone groups is 1. The van der Waals surface area contributed by atoms with E-state index in [9.17, 15) is 8.42 Å². The largest absolute Gasteiger partial charge is 0.515 e. The summed E-state index contributed by atoms with van der Waals surface area (Å²) in [5.41, 5.74) is 0. The predicted molar refractivity (Wildman–Crippen MR) is 26.6 cm³/mol. The first-order valence-corrected chi connectivity index (χ1v) is 3.52. The van der Waals surface area contributed by atoms with Gasteiger partial charge in [0, 0.05) is 6.26 Å². The molecule has 3 nitrogen and oxygen atoms in total. The van der Waals surface area contributed by atoms with Gasteiger partial charge in [-0.05, 0) is 0 Å². The Kier molecular flexibility index (Phi) is 1.83. The molecule has 0 bridgehead atoms. The van der Waals surface area contributed by atoms with Gasteiger partial charge in [-0.15, -0.1) is 0 Å². The first-order valence-electron chi connectivity index (χ1n) is 1.57. The highest BCUT2D eigenvalue weighted by atomic mass is 32.2. The molecule has 0 radical (unpaired) electrons. The maximum absolute atomic E-state index is 9.98. The fourth-order valence-corrected chi connectivity index (χ4v) is 0.332. The third-order valence-corrected chi connectivity index (χ3v) is 0.924. The van der Waals surface area contributed by atoms with Crippen molar-refractivity contribution in [2.45, 2.75) is 0 Å². The van der Waals surface area contributed by atoms with Crippen molar-refractivity contribution in [3.8, 4) is 0 Å². The van der Waals surface area contributed by atoms with Crippen LogP contribution < -0.4 is 0 Å². The average molecular weight is 122 g/mol. The second-order valence-electron chi connectivity index (χ2n) is 1.11. The van der Waals surface area contributed by atoms with Crippen LogP contribution in [-0.2, 0) is 9.84 Å². The molecule has 0 aliphatic rings. The lowest BCUT2D eigenvalue weighted by molar-refractivity contribution is 0.474. The van der Waals surface area contributed by atoms with Crippen molar-refractivity contribution >= 4 is 9.84 Å². The Balaban J connectivity index is 4.13. The van der Waals surface area contributed by atoms with Gasteiger partial charge in [0.2, 0.25) is 0 Å². The Hall–Kier alpha value is -0.510. The van der Waals surface area contributed by atoms with E-state index in [-0.39, 0.29) is 0 Å². The molecule has 0 unspecified atom stereocenters. The van der Waals surface area contributed by atoms with E-state index in [1.807, 2.05) is 0 Å². The van der Waals surface area contributed by atoms with E-state index in [0.29, 0.717) is 11.7 Å². The van der Waals surface area contributed by atoms with Crippen LogP contribution in [0.2, 0.25) is 0 Å². The van der Waals surface area contributed by atoms with Crippen molar-refractivity contribution in [1.82, 2.24) is 0 Å². The standard InChI is InChI=1S/C3H6O3S/c1-7(5,6)3-2-4/h2-4H,1H3/b3-2+. The number of hydrogen-bond acceptors (Lipinski definition) is 3. The van der Waals surface area contributed by atoms with Crippen LogP contribution in [0.1, 0.15) is 0 Å². The van der Waals surface area contributed by atoms with Crippen LogP contribution in [0.4, 0.5) is 0 Å². The van der Waals surface area contributed by atoms with Crippen molar-refractivity contribution in [1.29, 1.82) is 0 Å². The van der Waals surface area contributed by atoms with Gasteiger partial charge >= 0.3 is 0 Å². The minimum atomic E-state index is -3.10. The Morgan fingerprint density at radius 2 is 2.00 bits per heavy atom. The van der Waals surface area contributed by atoms with Crippen molar-refractivity contribution < 1.29 is 13.5 Å². The van der Waals surface area contributed by atoms with Gasteiger partial charge in [-0.1, -0.05) is 0 Å². The van der Waals surface area contributed by atoms with Gasteiger partial charge in [-0.25, -0.2) is 8.42 Å². The number of hydrogen-bond donors (Lipinski definition) is 1. The van der Waals surface area contributed by atoms with Crippen molar-refractivity contribution in [3.05, 3.63) is 11.7 Å². The van der Waals surface area contributed by atoms with E-state index in [4.69, 9.17) is 5.11 Å². The summed E-state index contributed by atoms with van der Waals surface area (Å²) >= 11 is 0. The van der Waals surface area contributed by atoms with Crippen LogP contribution in [0, 0.1) is 0 Å². The van der Waals surface area contributed by atoms with E-state index < -0.39 is 9.84 Å². The summed E-state index contributed by atoms with van der Waals surface area (Å²) in [5, 5.41) is 8.56. The van der Waals surface area contributed by atoms with Gasteiger partial charge in [0.1, 0.15) is 0 Å². The second-order valence-corrected chi connectivity index (χ2v) is 3.05. The monoisotopic (exact) mass is 122 g/mol. The average Bonchev–Trinajstić information content (AvgIpc) is 1.30. The molecular weight excluding hydrogens is 116 g/mol. The van der Waals surface area contributed by atoms with Crippen LogP contribution >= 0.6 is 0 Å². The molecule has 4 heteroatoms. The van der Waals surface area contributed by atoms with Crippen LogP contribution in [0.3, 0.4) is 0 Å². The number of rotatable bonds is 1. The van der Waals surface area contributed by atoms with Gasteiger partial charge < -0.3 is 5.11 Å². The molecule has 0 aliphatic heterocycles. The second kappa shape index (κ2) is 1.97. The quantitative estimate of drug-likeness (QED) is 0.500. The topological polar surface area (TPSA) is 54.4 Å². The predicted octanol–water partition coefficient (Wildman–Crippen LogP) is 0.0602. The molecule has 42 valence electrons. The van der Waals surface area contributed by atoms with Crippen molar-refractivity contribution in [3.63, 3.8) is 0 Å². The van der Waals surface area contributed by atoms with Gasteiger partial charge in [-0.2, -0.15) is 0 Å². The zero-order chi connectivity index (χ0) is 5.91. The summed E-state index contributed by atoms with van der Waals surface area (Å²) < 4.78 is 20.0. The normalized spacial score (nSPS) is 12.7. The zero-order valence-electron chi connectivity index (χ0n) is 3.83. The van der Waals surface area contributed by atoms with Crippen LogP contribution in [0.15, 0.2) is 11.7 Å². The molecule has 0 spiro atoms. The maximum atomic E-state index is 9.98. The Morgan fingerprint density at radius 1 is 1.57 bits per heavy atom. The molecule has 0 aliphatic carbocycles. The summed E-state index contributed by atoms with van der Waals surface area (Å²) in [5.74, 6) is 0. The molecule has 0 heterocycles. The lowest BCUT2D eigenvalue weighted by Gasteiger charge is -1.76. The van der Waals surface area contributed by atoms with E-state index in [1.165, 1.54) is 0 Å². The Labute approximate surface area is 42.2 Å². The Morgan fingerprint density at radius 3 is 2.00 bits per heavy atom. The molecule has 7 heavy (non-hydrogen) atoms. The van der Waals surface area contributed by atoms with Gasteiger partial charge in [0.15, 0.2) is 9.84 Å². The van der Waals surface area contributed by atoms with Crippen LogP contribution in [0.25, 0.3) is 0 Å². The molecule has 0 atom stereocenters. The summed E-state index contributed by atoms with van der Waals surface area (Å²) in [6, 6.07) is 0. The number of aliphatic hydroxyl groups excluding tert-OH is 1. The molecule has 0 aromatic rings. The minimum absolute atomic E-state index is 0.495. The van der Waals surface area contributed by atoms with Crippen LogP contribution in [-0.4, -0.2) is 19.8 Å². The molecule has 0 saturated heterocycles. The summed E-state index contributed by atoms with van der Waals surface area (Å²) in [6.45, 7) is 0. The van der Waals surface area contributed by atoms with E-state index in [0.717, 1.165) is 6.26 Å². The lowest BCUT2D eigenvalue weighted by Crippen LogP contribution is -1.86. The SMILES string of the molecule is CS(=O)(=O)/C=C/O. The van der Waals surface area contributed by atoms with Crippen LogP contribution in [0.5, 0.6) is 0 Å². The zero-order valence-corrected chi connectivity index (χ0v) is 4.64. The molecule has 0 aromatic carbocycles. The molecule has 1 N–H and O–H groups in total. The van der Waals surface area contributed by atoms with Crippen molar-refractivity contribution in [2.24, 2.45) is 0 Å². The molecule has 0 saturated carbocycles. The fourth-order valence-electron chi connectivity index (χ4n) is 0.111. The highest BCUT2D eigenvalue weighted by molar-refractivity contribution is 7.93. The first kappa shape index (κ1) is 6.49. The molecular formula is C3H6O3S. The third-order valence-electron chi connectivity index (χ3n) is 0.308.